The lowest BCUT2D eigenvalue weighted by Crippen LogP contribution is -2.60. The number of rotatable bonds is 6. The summed E-state index contributed by atoms with van der Waals surface area (Å²) in [6.45, 7) is 16.3. The molecule has 3 nitrogen and oxygen atoms in total. The van der Waals surface area contributed by atoms with E-state index in [2.05, 4.69) is 41.5 Å². The number of esters is 1. The summed E-state index contributed by atoms with van der Waals surface area (Å²) in [4.78, 5) is 12.3. The van der Waals surface area contributed by atoms with Crippen LogP contribution in [0.5, 0.6) is 0 Å². The van der Waals surface area contributed by atoms with Crippen LogP contribution in [-0.2, 0) is 9.53 Å². The molecule has 0 aromatic heterocycles. The Bertz CT molecular complexity index is 703. The van der Waals surface area contributed by atoms with Crippen molar-refractivity contribution in [2.75, 3.05) is 0 Å². The highest BCUT2D eigenvalue weighted by molar-refractivity contribution is 5.66. The summed E-state index contributed by atoms with van der Waals surface area (Å²) >= 11 is 0. The zero-order valence-corrected chi connectivity index (χ0v) is 22.6. The van der Waals surface area contributed by atoms with Gasteiger partial charge in [0.15, 0.2) is 0 Å². The van der Waals surface area contributed by atoms with Gasteiger partial charge in [-0.05, 0) is 104 Å². The molecule has 4 aliphatic rings. The normalized spacial score (nSPS) is 46.8. The number of hydrogen-bond acceptors (Lipinski definition) is 3. The standard InChI is InChI=1S/C30H52O3/c1-18(2)19(3)8-9-20(4)25-12-13-26-24-11-10-22-16-23(32)14-15-29(22,6)28(24)27(33-21(5)31)17-30(25,26)7/h18-20,22-28,32H,8-17H2,1-7H3/t19-,20+,22-,23?,24?,25?,26?,27+,28?,29?,30?/m0/s1. The third-order valence-electron chi connectivity index (χ3n) is 11.8. The van der Waals surface area contributed by atoms with Crippen molar-refractivity contribution in [3.63, 3.8) is 0 Å². The van der Waals surface area contributed by atoms with Crippen molar-refractivity contribution in [3.8, 4) is 0 Å². The summed E-state index contributed by atoms with van der Waals surface area (Å²) in [6.07, 6.45) is 11.8. The predicted octanol–water partition coefficient (Wildman–Crippen LogP) is 7.26. The van der Waals surface area contributed by atoms with Crippen LogP contribution in [-0.4, -0.2) is 23.3 Å². The van der Waals surface area contributed by atoms with Crippen LogP contribution >= 0.6 is 0 Å². The fourth-order valence-corrected chi connectivity index (χ4v) is 9.68. The summed E-state index contributed by atoms with van der Waals surface area (Å²) in [5, 5.41) is 10.4. The number of hydrogen-bond donors (Lipinski definition) is 1. The Morgan fingerprint density at radius 3 is 2.39 bits per heavy atom. The van der Waals surface area contributed by atoms with Crippen molar-refractivity contribution in [1.29, 1.82) is 0 Å². The summed E-state index contributed by atoms with van der Waals surface area (Å²) in [5.74, 6) is 5.45. The molecule has 7 unspecified atom stereocenters. The second-order valence-corrected chi connectivity index (χ2v) is 13.8. The van der Waals surface area contributed by atoms with Crippen LogP contribution in [0.4, 0.5) is 0 Å². The Hall–Kier alpha value is -0.570. The number of carbonyl (C=O) groups excluding carboxylic acids is 1. The lowest BCUT2D eigenvalue weighted by molar-refractivity contribution is -0.199. The van der Waals surface area contributed by atoms with Crippen molar-refractivity contribution in [2.24, 2.45) is 58.2 Å². The van der Waals surface area contributed by atoms with Crippen LogP contribution in [0.1, 0.15) is 113 Å². The smallest absolute Gasteiger partial charge is 0.302 e. The number of fused-ring (bicyclic) bond motifs is 5. The zero-order valence-electron chi connectivity index (χ0n) is 22.6. The average molecular weight is 461 g/mol. The van der Waals surface area contributed by atoms with E-state index in [-0.39, 0.29) is 23.6 Å². The monoisotopic (exact) mass is 460 g/mol. The topological polar surface area (TPSA) is 46.5 Å². The van der Waals surface area contributed by atoms with Crippen LogP contribution in [0.2, 0.25) is 0 Å². The molecule has 0 spiro atoms. The van der Waals surface area contributed by atoms with Gasteiger partial charge in [-0.3, -0.25) is 4.79 Å². The first kappa shape index (κ1) is 25.5. The van der Waals surface area contributed by atoms with E-state index in [4.69, 9.17) is 4.74 Å². The van der Waals surface area contributed by atoms with Gasteiger partial charge < -0.3 is 9.84 Å². The van der Waals surface area contributed by atoms with Crippen LogP contribution < -0.4 is 0 Å². The predicted molar refractivity (Wildman–Crippen MR) is 135 cm³/mol. The highest BCUT2D eigenvalue weighted by Gasteiger charge is 2.64. The fourth-order valence-electron chi connectivity index (χ4n) is 9.68. The number of aliphatic hydroxyl groups is 1. The van der Waals surface area contributed by atoms with E-state index in [1.165, 1.54) is 38.5 Å². The van der Waals surface area contributed by atoms with Gasteiger partial charge in [0.05, 0.1) is 6.10 Å². The lowest BCUT2D eigenvalue weighted by Gasteiger charge is -2.63. The van der Waals surface area contributed by atoms with Crippen molar-refractivity contribution < 1.29 is 14.6 Å². The highest BCUT2D eigenvalue weighted by atomic mass is 16.5. The van der Waals surface area contributed by atoms with E-state index in [0.717, 1.165) is 55.3 Å². The molecule has 3 heteroatoms. The van der Waals surface area contributed by atoms with E-state index < -0.39 is 0 Å². The minimum atomic E-state index is -0.134. The minimum Gasteiger partial charge on any atom is -0.462 e. The molecule has 0 heterocycles. The molecule has 190 valence electrons. The molecule has 1 N–H and O–H groups in total. The second-order valence-electron chi connectivity index (χ2n) is 13.8. The maximum absolute atomic E-state index is 12.3. The molecule has 0 aromatic rings. The Balaban J connectivity index is 1.59. The van der Waals surface area contributed by atoms with Crippen molar-refractivity contribution >= 4 is 5.97 Å². The van der Waals surface area contributed by atoms with Gasteiger partial charge in [-0.2, -0.15) is 0 Å². The molecule has 4 aliphatic carbocycles. The first-order valence-electron chi connectivity index (χ1n) is 14.3. The van der Waals surface area contributed by atoms with E-state index in [1.807, 2.05) is 0 Å². The van der Waals surface area contributed by atoms with Gasteiger partial charge in [-0.1, -0.05) is 54.4 Å². The van der Waals surface area contributed by atoms with Gasteiger partial charge in [-0.25, -0.2) is 0 Å². The second kappa shape index (κ2) is 9.47. The molecular weight excluding hydrogens is 408 g/mol. The minimum absolute atomic E-state index is 0.0548. The van der Waals surface area contributed by atoms with Crippen molar-refractivity contribution in [1.82, 2.24) is 0 Å². The molecule has 0 amide bonds. The van der Waals surface area contributed by atoms with E-state index >= 15 is 0 Å². The van der Waals surface area contributed by atoms with Gasteiger partial charge in [-0.15, -0.1) is 0 Å². The SMILES string of the molecule is CC(=O)O[C@@H]1CC2(C)C(CCC2[C@H](C)CC[C@H](C)C(C)C)C2CC[C@H]3CC(O)CCC3(C)C21. The largest absolute Gasteiger partial charge is 0.462 e. The number of carbonyl (C=O) groups is 1. The number of ether oxygens (including phenoxy) is 1. The quantitative estimate of drug-likeness (QED) is 0.424. The lowest BCUT2D eigenvalue weighted by atomic mass is 9.43. The van der Waals surface area contributed by atoms with Crippen molar-refractivity contribution in [3.05, 3.63) is 0 Å². The summed E-state index contributed by atoms with van der Waals surface area (Å²) in [6, 6.07) is 0. The number of aliphatic hydroxyl groups excluding tert-OH is 1. The van der Waals surface area contributed by atoms with Gasteiger partial charge in [0.2, 0.25) is 0 Å². The van der Waals surface area contributed by atoms with Crippen LogP contribution in [0, 0.1) is 58.2 Å². The van der Waals surface area contributed by atoms with E-state index in [0.29, 0.717) is 23.2 Å². The Kier molecular flexibility index (Phi) is 7.33. The van der Waals surface area contributed by atoms with Gasteiger partial charge >= 0.3 is 5.97 Å². The van der Waals surface area contributed by atoms with E-state index in [1.54, 1.807) is 6.92 Å². The molecule has 4 saturated carbocycles. The zero-order chi connectivity index (χ0) is 24.1. The van der Waals surface area contributed by atoms with Crippen LogP contribution in [0.15, 0.2) is 0 Å². The Morgan fingerprint density at radius 2 is 1.73 bits per heavy atom. The maximum Gasteiger partial charge on any atom is 0.302 e. The summed E-state index contributed by atoms with van der Waals surface area (Å²) in [5.41, 5.74) is 0.499. The van der Waals surface area contributed by atoms with Gasteiger partial charge in [0, 0.05) is 12.8 Å². The summed E-state index contributed by atoms with van der Waals surface area (Å²) < 4.78 is 6.23. The first-order chi connectivity index (χ1) is 15.5. The fraction of sp³-hybridized carbons (Fsp3) is 0.967. The highest BCUT2D eigenvalue weighted by Crippen LogP contribution is 2.68. The molecule has 33 heavy (non-hydrogen) atoms. The molecular formula is C30H52O3. The average Bonchev–Trinajstić information content (AvgIpc) is 3.08. The summed E-state index contributed by atoms with van der Waals surface area (Å²) in [7, 11) is 0. The molecule has 0 saturated heterocycles. The molecule has 11 atom stereocenters. The molecule has 4 fully saturated rings. The Morgan fingerprint density at radius 1 is 1.00 bits per heavy atom. The molecule has 0 aromatic carbocycles. The third-order valence-corrected chi connectivity index (χ3v) is 11.8. The van der Waals surface area contributed by atoms with Crippen LogP contribution in [0.3, 0.4) is 0 Å². The molecule has 4 rings (SSSR count). The molecule has 0 radical (unpaired) electrons. The van der Waals surface area contributed by atoms with Crippen LogP contribution in [0.25, 0.3) is 0 Å². The molecule has 0 aliphatic heterocycles. The Labute approximate surface area is 203 Å². The van der Waals surface area contributed by atoms with Gasteiger partial charge in [0.1, 0.15) is 6.10 Å². The van der Waals surface area contributed by atoms with E-state index in [9.17, 15) is 9.90 Å². The first-order valence-corrected chi connectivity index (χ1v) is 14.3. The molecule has 0 bridgehead atoms. The maximum atomic E-state index is 12.3. The van der Waals surface area contributed by atoms with Crippen molar-refractivity contribution in [2.45, 2.75) is 125 Å². The third kappa shape index (κ3) is 4.54. The van der Waals surface area contributed by atoms with Gasteiger partial charge in [0.25, 0.3) is 0 Å².